The average Bonchev–Trinajstić information content (AvgIpc) is 3.11. The molecule has 1 aliphatic heterocycles. The van der Waals surface area contributed by atoms with Gasteiger partial charge < -0.3 is 9.88 Å². The molecule has 0 saturated carbocycles. The van der Waals surface area contributed by atoms with Gasteiger partial charge in [0.1, 0.15) is 0 Å². The summed E-state index contributed by atoms with van der Waals surface area (Å²) in [6, 6.07) is 10.4. The third kappa shape index (κ3) is 2.90. The summed E-state index contributed by atoms with van der Waals surface area (Å²) < 4.78 is 2.20. The minimum absolute atomic E-state index is 0.529. The van der Waals surface area contributed by atoms with Crippen LogP contribution in [0.15, 0.2) is 41.6 Å². The number of thiocarbonyl (C=S) groups is 1. The Morgan fingerprint density at radius 1 is 1.32 bits per heavy atom. The van der Waals surface area contributed by atoms with Gasteiger partial charge in [-0.3, -0.25) is 5.43 Å². The second kappa shape index (κ2) is 6.32. The van der Waals surface area contributed by atoms with Gasteiger partial charge in [-0.1, -0.05) is 25.1 Å². The third-order valence-electron chi connectivity index (χ3n) is 3.99. The topological polar surface area (TPSA) is 41.4 Å². The van der Waals surface area contributed by atoms with Gasteiger partial charge in [-0.2, -0.15) is 5.10 Å². The number of para-hydroxylation sites is 1. The van der Waals surface area contributed by atoms with E-state index in [-0.39, 0.29) is 0 Å². The summed E-state index contributed by atoms with van der Waals surface area (Å²) >= 11 is 5.38. The minimum atomic E-state index is 0.529. The number of hydrazone groups is 1. The molecule has 5 heteroatoms. The zero-order chi connectivity index (χ0) is 15.5. The van der Waals surface area contributed by atoms with Crippen LogP contribution in [-0.4, -0.2) is 15.4 Å². The number of fused-ring (bicyclic) bond motifs is 1. The van der Waals surface area contributed by atoms with E-state index in [1.54, 1.807) is 0 Å². The van der Waals surface area contributed by atoms with Gasteiger partial charge in [0.2, 0.25) is 0 Å². The predicted molar refractivity (Wildman–Crippen MR) is 95.5 cm³/mol. The molecule has 1 aliphatic rings. The van der Waals surface area contributed by atoms with Crippen molar-refractivity contribution in [1.29, 1.82) is 0 Å². The quantitative estimate of drug-likeness (QED) is 0.674. The summed E-state index contributed by atoms with van der Waals surface area (Å²) in [7, 11) is 0. The van der Waals surface area contributed by atoms with Crippen LogP contribution in [0.2, 0.25) is 0 Å². The van der Waals surface area contributed by atoms with E-state index in [1.165, 1.54) is 16.8 Å². The van der Waals surface area contributed by atoms with Crippen LogP contribution in [0.1, 0.15) is 30.2 Å². The molecule has 2 aromatic rings. The van der Waals surface area contributed by atoms with E-state index in [0.717, 1.165) is 30.8 Å². The fourth-order valence-corrected chi connectivity index (χ4v) is 2.95. The first-order chi connectivity index (χ1) is 10.7. The fourth-order valence-electron chi connectivity index (χ4n) is 2.80. The van der Waals surface area contributed by atoms with E-state index in [4.69, 9.17) is 12.2 Å². The Morgan fingerprint density at radius 2 is 2.18 bits per heavy atom. The third-order valence-corrected chi connectivity index (χ3v) is 4.18. The van der Waals surface area contributed by atoms with Gasteiger partial charge in [-0.15, -0.1) is 0 Å². The highest BCUT2D eigenvalue weighted by atomic mass is 32.1. The molecule has 0 spiro atoms. The van der Waals surface area contributed by atoms with Crippen molar-refractivity contribution in [3.05, 3.63) is 53.3 Å². The Hall–Kier alpha value is -2.14. The largest absolute Gasteiger partial charge is 0.346 e. The van der Waals surface area contributed by atoms with E-state index in [2.05, 4.69) is 64.7 Å². The fraction of sp³-hybridized carbons (Fsp3) is 0.294. The maximum absolute atomic E-state index is 5.38. The molecule has 2 N–H and O–H groups in total. The Morgan fingerprint density at radius 3 is 3.00 bits per heavy atom. The van der Waals surface area contributed by atoms with Crippen molar-refractivity contribution in [2.75, 3.05) is 5.32 Å². The van der Waals surface area contributed by atoms with Crippen molar-refractivity contribution >= 4 is 28.7 Å². The molecule has 0 fully saturated rings. The van der Waals surface area contributed by atoms with E-state index in [9.17, 15) is 0 Å². The molecular formula is C17H20N4S. The molecule has 0 unspecified atom stereocenters. The van der Waals surface area contributed by atoms with E-state index < -0.39 is 0 Å². The SMILES string of the molecule is CCc1cccc(C)c1NC(=S)N/N=C1/CCn2cccc21. The summed E-state index contributed by atoms with van der Waals surface area (Å²) in [6.07, 6.45) is 3.99. The van der Waals surface area contributed by atoms with E-state index in [1.807, 2.05) is 6.07 Å². The van der Waals surface area contributed by atoms with Gasteiger partial charge in [0.15, 0.2) is 5.11 Å². The molecule has 0 aliphatic carbocycles. The molecule has 114 valence electrons. The van der Waals surface area contributed by atoms with Crippen LogP contribution in [0.25, 0.3) is 0 Å². The molecule has 0 bridgehead atoms. The zero-order valence-corrected chi connectivity index (χ0v) is 13.7. The second-order valence-corrected chi connectivity index (χ2v) is 5.83. The first-order valence-electron chi connectivity index (χ1n) is 7.56. The maximum Gasteiger partial charge on any atom is 0.191 e. The first-order valence-corrected chi connectivity index (χ1v) is 7.97. The van der Waals surface area contributed by atoms with Crippen LogP contribution in [-0.2, 0) is 13.0 Å². The first kappa shape index (κ1) is 14.8. The van der Waals surface area contributed by atoms with Crippen molar-refractivity contribution in [3.8, 4) is 0 Å². The zero-order valence-electron chi connectivity index (χ0n) is 12.9. The molecule has 2 heterocycles. The van der Waals surface area contributed by atoms with Crippen LogP contribution in [0, 0.1) is 6.92 Å². The predicted octanol–water partition coefficient (Wildman–Crippen LogP) is 3.45. The molecule has 22 heavy (non-hydrogen) atoms. The molecule has 1 aromatic carbocycles. The van der Waals surface area contributed by atoms with Crippen molar-refractivity contribution in [1.82, 2.24) is 9.99 Å². The lowest BCUT2D eigenvalue weighted by molar-refractivity contribution is 0.770. The average molecular weight is 312 g/mol. The van der Waals surface area contributed by atoms with Gasteiger partial charge in [0, 0.05) is 24.8 Å². The Kier molecular flexibility index (Phi) is 4.24. The van der Waals surface area contributed by atoms with Gasteiger partial charge in [0.05, 0.1) is 11.4 Å². The van der Waals surface area contributed by atoms with Crippen molar-refractivity contribution in [2.24, 2.45) is 5.10 Å². The molecule has 4 nitrogen and oxygen atoms in total. The van der Waals surface area contributed by atoms with Crippen LogP contribution < -0.4 is 10.7 Å². The Balaban J connectivity index is 1.70. The monoisotopic (exact) mass is 312 g/mol. The Bertz CT molecular complexity index is 730. The van der Waals surface area contributed by atoms with E-state index >= 15 is 0 Å². The maximum atomic E-state index is 5.38. The summed E-state index contributed by atoms with van der Waals surface area (Å²) in [6.45, 7) is 5.21. The number of hydrogen-bond donors (Lipinski definition) is 2. The summed E-state index contributed by atoms with van der Waals surface area (Å²) in [5.74, 6) is 0. The van der Waals surface area contributed by atoms with E-state index in [0.29, 0.717) is 5.11 Å². The highest BCUT2D eigenvalue weighted by molar-refractivity contribution is 7.80. The van der Waals surface area contributed by atoms with Crippen molar-refractivity contribution in [3.63, 3.8) is 0 Å². The van der Waals surface area contributed by atoms with Gasteiger partial charge in [-0.25, -0.2) is 0 Å². The van der Waals surface area contributed by atoms with Crippen molar-refractivity contribution < 1.29 is 0 Å². The number of nitrogens with zero attached hydrogens (tertiary/aromatic N) is 2. The number of hydrogen-bond acceptors (Lipinski definition) is 2. The molecular weight excluding hydrogens is 292 g/mol. The van der Waals surface area contributed by atoms with Crippen LogP contribution >= 0.6 is 12.2 Å². The normalized spacial score (nSPS) is 14.9. The minimum Gasteiger partial charge on any atom is -0.346 e. The molecule has 0 atom stereocenters. The lowest BCUT2D eigenvalue weighted by Crippen LogP contribution is -2.26. The van der Waals surface area contributed by atoms with Crippen LogP contribution in [0.3, 0.4) is 0 Å². The number of aryl methyl sites for hydroxylation is 3. The molecule has 0 amide bonds. The number of nitrogens with one attached hydrogen (secondary N) is 2. The number of rotatable bonds is 3. The van der Waals surface area contributed by atoms with Gasteiger partial charge >= 0.3 is 0 Å². The highest BCUT2D eigenvalue weighted by Crippen LogP contribution is 2.21. The summed E-state index contributed by atoms with van der Waals surface area (Å²) in [5, 5.41) is 8.27. The standard InChI is InChI=1S/C17H20N4S/c1-3-13-7-4-6-12(2)16(13)18-17(22)20-19-14-9-11-21-10-5-8-15(14)21/h4-8,10H,3,9,11H2,1-2H3,(H2,18,20,22)/b19-14-. The lowest BCUT2D eigenvalue weighted by Gasteiger charge is -2.14. The second-order valence-electron chi connectivity index (χ2n) is 5.42. The lowest BCUT2D eigenvalue weighted by atomic mass is 10.1. The number of aromatic nitrogens is 1. The van der Waals surface area contributed by atoms with Gasteiger partial charge in [-0.05, 0) is 48.8 Å². The Labute approximate surface area is 136 Å². The number of benzene rings is 1. The van der Waals surface area contributed by atoms with Gasteiger partial charge in [0.25, 0.3) is 0 Å². The smallest absolute Gasteiger partial charge is 0.191 e. The summed E-state index contributed by atoms with van der Waals surface area (Å²) in [4.78, 5) is 0. The number of anilines is 1. The summed E-state index contributed by atoms with van der Waals surface area (Å²) in [5.41, 5.74) is 8.72. The van der Waals surface area contributed by atoms with Crippen LogP contribution in [0.4, 0.5) is 5.69 Å². The molecule has 1 aromatic heterocycles. The van der Waals surface area contributed by atoms with Crippen molar-refractivity contribution in [2.45, 2.75) is 33.2 Å². The molecule has 0 radical (unpaired) electrons. The molecule has 0 saturated heterocycles. The molecule has 3 rings (SSSR count). The van der Waals surface area contributed by atoms with Crippen LogP contribution in [0.5, 0.6) is 0 Å². The highest BCUT2D eigenvalue weighted by Gasteiger charge is 2.16.